The number of ether oxygens (including phenoxy) is 2. The van der Waals surface area contributed by atoms with Gasteiger partial charge in [-0.2, -0.15) is 0 Å². The molecule has 0 aromatic heterocycles. The number of benzene rings is 2. The van der Waals surface area contributed by atoms with Crippen molar-refractivity contribution in [3.05, 3.63) is 59.9 Å². The monoisotopic (exact) mass is 329 g/mol. The number of anilines is 1. The molecule has 0 spiro atoms. The van der Waals surface area contributed by atoms with Gasteiger partial charge >= 0.3 is 0 Å². The van der Waals surface area contributed by atoms with Gasteiger partial charge in [-0.25, -0.2) is 4.39 Å². The van der Waals surface area contributed by atoms with Crippen LogP contribution in [0.25, 0.3) is 6.08 Å². The van der Waals surface area contributed by atoms with Crippen LogP contribution in [-0.2, 0) is 4.79 Å². The van der Waals surface area contributed by atoms with Crippen molar-refractivity contribution >= 4 is 17.7 Å². The standard InChI is InChI=1S/C19H20FNO3/c1-4-21(16-8-6-15(20)7-9-16)19(22)10-5-14-11-17(23-2)13-18(12-14)24-3/h5-13H,4H2,1-3H3/b10-5+. The van der Waals surface area contributed by atoms with E-state index in [9.17, 15) is 9.18 Å². The van der Waals surface area contributed by atoms with Crippen LogP contribution in [0, 0.1) is 5.82 Å². The maximum absolute atomic E-state index is 13.0. The lowest BCUT2D eigenvalue weighted by Crippen LogP contribution is -2.28. The largest absolute Gasteiger partial charge is 0.497 e. The Morgan fingerprint density at radius 1 is 1.08 bits per heavy atom. The van der Waals surface area contributed by atoms with E-state index in [1.165, 1.54) is 18.2 Å². The smallest absolute Gasteiger partial charge is 0.250 e. The molecule has 0 unspecified atom stereocenters. The van der Waals surface area contributed by atoms with E-state index in [0.717, 1.165) is 5.56 Å². The Labute approximate surface area is 141 Å². The fourth-order valence-corrected chi connectivity index (χ4v) is 2.27. The number of halogens is 1. The van der Waals surface area contributed by atoms with Crippen LogP contribution in [0.5, 0.6) is 11.5 Å². The first-order valence-electron chi connectivity index (χ1n) is 7.55. The second-order valence-corrected chi connectivity index (χ2v) is 5.04. The molecule has 2 rings (SSSR count). The highest BCUT2D eigenvalue weighted by molar-refractivity contribution is 6.03. The number of amides is 1. The predicted octanol–water partition coefficient (Wildman–Crippen LogP) is 3.91. The van der Waals surface area contributed by atoms with Gasteiger partial charge in [0.2, 0.25) is 0 Å². The molecule has 0 bridgehead atoms. The summed E-state index contributed by atoms with van der Waals surface area (Å²) in [6.45, 7) is 2.35. The molecular weight excluding hydrogens is 309 g/mol. The predicted molar refractivity (Wildman–Crippen MR) is 93.0 cm³/mol. The summed E-state index contributed by atoms with van der Waals surface area (Å²) in [5.74, 6) is 0.770. The SMILES string of the molecule is CCN(C(=O)/C=C/c1cc(OC)cc(OC)c1)c1ccc(F)cc1. The van der Waals surface area contributed by atoms with Crippen LogP contribution in [0.3, 0.4) is 0 Å². The van der Waals surface area contributed by atoms with Crippen LogP contribution < -0.4 is 14.4 Å². The van der Waals surface area contributed by atoms with Crippen molar-refractivity contribution in [2.75, 3.05) is 25.7 Å². The Balaban J connectivity index is 2.20. The molecule has 0 saturated carbocycles. The second-order valence-electron chi connectivity index (χ2n) is 5.04. The molecule has 0 saturated heterocycles. The highest BCUT2D eigenvalue weighted by Gasteiger charge is 2.11. The zero-order valence-corrected chi connectivity index (χ0v) is 14.0. The minimum atomic E-state index is -0.332. The Morgan fingerprint density at radius 2 is 1.67 bits per heavy atom. The molecule has 0 aliphatic carbocycles. The minimum absolute atomic E-state index is 0.189. The zero-order valence-electron chi connectivity index (χ0n) is 14.0. The molecule has 24 heavy (non-hydrogen) atoms. The van der Waals surface area contributed by atoms with Crippen molar-refractivity contribution in [1.82, 2.24) is 0 Å². The van der Waals surface area contributed by atoms with Gasteiger partial charge in [0.25, 0.3) is 5.91 Å². The molecule has 2 aromatic rings. The molecule has 2 aromatic carbocycles. The number of carbonyl (C=O) groups excluding carboxylic acids is 1. The summed E-state index contributed by atoms with van der Waals surface area (Å²) >= 11 is 0. The molecule has 4 nitrogen and oxygen atoms in total. The molecule has 1 amide bonds. The zero-order chi connectivity index (χ0) is 17.5. The van der Waals surface area contributed by atoms with E-state index in [2.05, 4.69) is 0 Å². The Bertz CT molecular complexity index is 704. The summed E-state index contributed by atoms with van der Waals surface area (Å²) in [7, 11) is 3.14. The summed E-state index contributed by atoms with van der Waals surface area (Å²) in [5, 5.41) is 0. The highest BCUT2D eigenvalue weighted by atomic mass is 19.1. The van der Waals surface area contributed by atoms with Crippen LogP contribution in [0.2, 0.25) is 0 Å². The quantitative estimate of drug-likeness (QED) is 0.754. The maximum Gasteiger partial charge on any atom is 0.250 e. The number of carbonyl (C=O) groups is 1. The van der Waals surface area contributed by atoms with Gasteiger partial charge in [-0.3, -0.25) is 4.79 Å². The molecule has 0 fully saturated rings. The molecule has 0 atom stereocenters. The Hall–Kier alpha value is -2.82. The first-order chi connectivity index (χ1) is 11.6. The summed E-state index contributed by atoms with van der Waals surface area (Å²) in [5.41, 5.74) is 1.44. The normalized spacial score (nSPS) is 10.7. The molecule has 0 radical (unpaired) electrons. The van der Waals surface area contributed by atoms with E-state index < -0.39 is 0 Å². The number of methoxy groups -OCH3 is 2. The summed E-state index contributed by atoms with van der Waals surface area (Å²) in [6, 6.07) is 11.2. The van der Waals surface area contributed by atoms with Gasteiger partial charge in [0.05, 0.1) is 14.2 Å². The third kappa shape index (κ3) is 4.35. The van der Waals surface area contributed by atoms with Crippen LogP contribution >= 0.6 is 0 Å². The third-order valence-electron chi connectivity index (χ3n) is 3.51. The van der Waals surface area contributed by atoms with Gasteiger partial charge in [-0.15, -0.1) is 0 Å². The van der Waals surface area contributed by atoms with Crippen molar-refractivity contribution in [2.45, 2.75) is 6.92 Å². The number of likely N-dealkylation sites (N-methyl/N-ethyl adjacent to an activating group) is 1. The number of rotatable bonds is 6. The van der Waals surface area contributed by atoms with Gasteiger partial charge in [0, 0.05) is 24.4 Å². The number of hydrogen-bond donors (Lipinski definition) is 0. The summed E-state index contributed by atoms with van der Waals surface area (Å²) < 4.78 is 23.4. The summed E-state index contributed by atoms with van der Waals surface area (Å²) in [6.07, 6.45) is 3.17. The molecule has 5 heteroatoms. The van der Waals surface area contributed by atoms with Gasteiger partial charge < -0.3 is 14.4 Å². The Kier molecular flexibility index (Phi) is 5.95. The average molecular weight is 329 g/mol. The highest BCUT2D eigenvalue weighted by Crippen LogP contribution is 2.23. The lowest BCUT2D eigenvalue weighted by molar-refractivity contribution is -0.114. The lowest BCUT2D eigenvalue weighted by Gasteiger charge is -2.19. The molecule has 0 aliphatic heterocycles. The van der Waals surface area contributed by atoms with Gasteiger partial charge in [-0.1, -0.05) is 0 Å². The Morgan fingerprint density at radius 3 is 2.17 bits per heavy atom. The van der Waals surface area contributed by atoms with E-state index in [1.807, 2.05) is 6.92 Å². The van der Waals surface area contributed by atoms with E-state index in [1.54, 1.807) is 55.5 Å². The van der Waals surface area contributed by atoms with Crippen LogP contribution in [0.15, 0.2) is 48.5 Å². The molecule has 0 heterocycles. The maximum atomic E-state index is 13.0. The minimum Gasteiger partial charge on any atom is -0.497 e. The van der Waals surface area contributed by atoms with Crippen molar-refractivity contribution in [1.29, 1.82) is 0 Å². The lowest BCUT2D eigenvalue weighted by atomic mass is 10.1. The average Bonchev–Trinajstić information content (AvgIpc) is 2.61. The molecule has 0 N–H and O–H groups in total. The van der Waals surface area contributed by atoms with Gasteiger partial charge in [-0.05, 0) is 55.0 Å². The van der Waals surface area contributed by atoms with Crippen molar-refractivity contribution in [2.24, 2.45) is 0 Å². The topological polar surface area (TPSA) is 38.8 Å². The van der Waals surface area contributed by atoms with Gasteiger partial charge in [0.15, 0.2) is 0 Å². The molecule has 126 valence electrons. The number of nitrogens with zero attached hydrogens (tertiary/aromatic N) is 1. The first-order valence-corrected chi connectivity index (χ1v) is 7.55. The van der Waals surface area contributed by atoms with E-state index in [4.69, 9.17) is 9.47 Å². The van der Waals surface area contributed by atoms with Crippen LogP contribution in [-0.4, -0.2) is 26.7 Å². The van der Waals surface area contributed by atoms with Crippen molar-refractivity contribution < 1.29 is 18.7 Å². The van der Waals surface area contributed by atoms with E-state index >= 15 is 0 Å². The summed E-state index contributed by atoms with van der Waals surface area (Å²) in [4.78, 5) is 14.0. The fourth-order valence-electron chi connectivity index (χ4n) is 2.27. The molecule has 0 aliphatic rings. The van der Waals surface area contributed by atoms with Gasteiger partial charge in [0.1, 0.15) is 17.3 Å². The van der Waals surface area contributed by atoms with E-state index in [0.29, 0.717) is 23.7 Å². The van der Waals surface area contributed by atoms with Crippen LogP contribution in [0.4, 0.5) is 10.1 Å². The molecular formula is C19H20FNO3. The van der Waals surface area contributed by atoms with Crippen molar-refractivity contribution in [3.63, 3.8) is 0 Å². The second kappa shape index (κ2) is 8.15. The first kappa shape index (κ1) is 17.5. The number of hydrogen-bond acceptors (Lipinski definition) is 3. The fraction of sp³-hybridized carbons (Fsp3) is 0.211. The van der Waals surface area contributed by atoms with Crippen LogP contribution in [0.1, 0.15) is 12.5 Å². The van der Waals surface area contributed by atoms with E-state index in [-0.39, 0.29) is 11.7 Å². The van der Waals surface area contributed by atoms with Crippen molar-refractivity contribution in [3.8, 4) is 11.5 Å². The third-order valence-corrected chi connectivity index (χ3v) is 3.51.